The Morgan fingerprint density at radius 1 is 1.11 bits per heavy atom. The Morgan fingerprint density at radius 3 is 2.79 bits per heavy atom. The van der Waals surface area contributed by atoms with Gasteiger partial charge in [-0.1, -0.05) is 36.4 Å². The first-order chi connectivity index (χ1) is 9.22. The van der Waals surface area contributed by atoms with Crippen LogP contribution in [-0.2, 0) is 13.1 Å². The highest BCUT2D eigenvalue weighted by Gasteiger charge is 2.07. The first kappa shape index (κ1) is 11.8. The third-order valence-electron chi connectivity index (χ3n) is 2.87. The summed E-state index contributed by atoms with van der Waals surface area (Å²) >= 11 is 0. The van der Waals surface area contributed by atoms with E-state index in [9.17, 15) is 0 Å². The molecule has 2 heterocycles. The zero-order chi connectivity index (χ0) is 13.2. The molecule has 0 aliphatic carbocycles. The number of hydrogen-bond acceptors (Lipinski definition) is 4. The normalized spacial score (nSPS) is 11.5. The van der Waals surface area contributed by atoms with E-state index in [0.29, 0.717) is 12.5 Å². The Labute approximate surface area is 111 Å². The van der Waals surface area contributed by atoms with Crippen molar-refractivity contribution >= 4 is 11.0 Å². The molecule has 1 aromatic carbocycles. The smallest absolute Gasteiger partial charge is 0.113 e. The minimum Gasteiger partial charge on any atom is -0.252 e. The molecule has 0 fully saturated rings. The van der Waals surface area contributed by atoms with Crippen molar-refractivity contribution in [1.29, 1.82) is 0 Å². The van der Waals surface area contributed by atoms with Crippen molar-refractivity contribution in [2.75, 3.05) is 0 Å². The van der Waals surface area contributed by atoms with Gasteiger partial charge in [-0.25, -0.2) is 4.68 Å². The summed E-state index contributed by atoms with van der Waals surface area (Å²) in [4.78, 5) is 0. The molecule has 0 N–H and O–H groups in total. The van der Waals surface area contributed by atoms with Gasteiger partial charge in [-0.3, -0.25) is 4.68 Å². The molecule has 0 saturated heterocycles. The predicted octanol–water partition coefficient (Wildman–Crippen LogP) is 1.73. The number of nitrogens with zero attached hydrogens (tertiary/aromatic N) is 6. The molecule has 0 amide bonds. The van der Waals surface area contributed by atoms with E-state index in [1.54, 1.807) is 0 Å². The lowest BCUT2D eigenvalue weighted by molar-refractivity contribution is 0.472. The van der Waals surface area contributed by atoms with Crippen LogP contribution in [0.25, 0.3) is 11.0 Å². The van der Waals surface area contributed by atoms with Crippen LogP contribution in [0.2, 0.25) is 0 Å². The summed E-state index contributed by atoms with van der Waals surface area (Å²) in [7, 11) is 0. The second-order valence-electron chi connectivity index (χ2n) is 5.06. The molecule has 98 valence electrons. The minimum absolute atomic E-state index is 0.557. The maximum absolute atomic E-state index is 4.18. The van der Waals surface area contributed by atoms with Crippen molar-refractivity contribution in [3.8, 4) is 0 Å². The highest BCUT2D eigenvalue weighted by Crippen LogP contribution is 2.11. The van der Waals surface area contributed by atoms with Gasteiger partial charge < -0.3 is 0 Å². The number of aromatic nitrogens is 6. The van der Waals surface area contributed by atoms with E-state index in [4.69, 9.17) is 0 Å². The van der Waals surface area contributed by atoms with E-state index in [1.165, 1.54) is 0 Å². The van der Waals surface area contributed by atoms with Gasteiger partial charge in [-0.15, -0.1) is 10.2 Å². The van der Waals surface area contributed by atoms with E-state index in [0.717, 1.165) is 23.3 Å². The van der Waals surface area contributed by atoms with Crippen LogP contribution in [0.15, 0.2) is 30.5 Å². The minimum atomic E-state index is 0.557. The van der Waals surface area contributed by atoms with Crippen LogP contribution < -0.4 is 0 Å². The first-order valence-corrected chi connectivity index (χ1v) is 6.39. The monoisotopic (exact) mass is 256 g/mol. The summed E-state index contributed by atoms with van der Waals surface area (Å²) in [5, 5.41) is 16.6. The highest BCUT2D eigenvalue weighted by molar-refractivity contribution is 5.73. The van der Waals surface area contributed by atoms with E-state index in [1.807, 2.05) is 39.8 Å². The Morgan fingerprint density at radius 2 is 1.95 bits per heavy atom. The van der Waals surface area contributed by atoms with Crippen LogP contribution >= 0.6 is 0 Å². The number of hydrogen-bond donors (Lipinski definition) is 0. The van der Waals surface area contributed by atoms with Crippen LogP contribution in [-0.4, -0.2) is 30.0 Å². The van der Waals surface area contributed by atoms with E-state index in [-0.39, 0.29) is 0 Å². The molecule has 0 unspecified atom stereocenters. The number of para-hydroxylation sites is 1. The molecule has 3 aromatic rings. The Kier molecular flexibility index (Phi) is 2.98. The van der Waals surface area contributed by atoms with E-state index >= 15 is 0 Å². The van der Waals surface area contributed by atoms with Crippen molar-refractivity contribution in [3.63, 3.8) is 0 Å². The van der Waals surface area contributed by atoms with Crippen LogP contribution in [0.3, 0.4) is 0 Å². The van der Waals surface area contributed by atoms with Crippen molar-refractivity contribution in [2.45, 2.75) is 26.9 Å². The molecular formula is C13H16N6. The number of fused-ring (bicyclic) bond motifs is 1. The molecule has 6 nitrogen and oxygen atoms in total. The fourth-order valence-electron chi connectivity index (χ4n) is 2.06. The molecule has 0 bridgehead atoms. The third-order valence-corrected chi connectivity index (χ3v) is 2.87. The van der Waals surface area contributed by atoms with Gasteiger partial charge in [0.15, 0.2) is 0 Å². The van der Waals surface area contributed by atoms with Gasteiger partial charge in [0, 0.05) is 6.54 Å². The Hall–Kier alpha value is -2.24. The zero-order valence-electron chi connectivity index (χ0n) is 11.1. The van der Waals surface area contributed by atoms with Crippen LogP contribution in [0, 0.1) is 5.92 Å². The Bertz CT molecular complexity index is 681. The molecule has 0 saturated carbocycles. The largest absolute Gasteiger partial charge is 0.252 e. The van der Waals surface area contributed by atoms with Gasteiger partial charge in [-0.2, -0.15) is 0 Å². The molecule has 0 aliphatic rings. The molecule has 0 aliphatic heterocycles. The average molecular weight is 256 g/mol. The van der Waals surface area contributed by atoms with Gasteiger partial charge in [0.1, 0.15) is 11.2 Å². The summed E-state index contributed by atoms with van der Waals surface area (Å²) in [6.07, 6.45) is 1.97. The first-order valence-electron chi connectivity index (χ1n) is 6.39. The van der Waals surface area contributed by atoms with Gasteiger partial charge in [0.05, 0.1) is 18.3 Å². The maximum atomic E-state index is 4.18. The molecule has 6 heteroatoms. The fraction of sp³-hybridized carbons (Fsp3) is 0.385. The van der Waals surface area contributed by atoms with Crippen molar-refractivity contribution in [2.24, 2.45) is 5.92 Å². The van der Waals surface area contributed by atoms with E-state index < -0.39 is 0 Å². The lowest BCUT2D eigenvalue weighted by Gasteiger charge is -2.02. The number of benzene rings is 1. The topological polar surface area (TPSA) is 61.4 Å². The molecular weight excluding hydrogens is 240 g/mol. The lowest BCUT2D eigenvalue weighted by atomic mass is 10.2. The summed E-state index contributed by atoms with van der Waals surface area (Å²) in [6.45, 7) is 5.79. The SMILES string of the molecule is CC(C)Cn1cc(Cn2nnc3ccccc32)nn1. The zero-order valence-corrected chi connectivity index (χ0v) is 11.1. The van der Waals surface area contributed by atoms with Crippen molar-refractivity contribution < 1.29 is 0 Å². The maximum Gasteiger partial charge on any atom is 0.113 e. The van der Waals surface area contributed by atoms with Crippen LogP contribution in [0.5, 0.6) is 0 Å². The molecule has 0 spiro atoms. The van der Waals surface area contributed by atoms with Gasteiger partial charge in [0.25, 0.3) is 0 Å². The molecule has 0 radical (unpaired) electrons. The van der Waals surface area contributed by atoms with Crippen LogP contribution in [0.1, 0.15) is 19.5 Å². The molecule has 3 rings (SSSR count). The fourth-order valence-corrected chi connectivity index (χ4v) is 2.06. The van der Waals surface area contributed by atoms with Crippen LogP contribution in [0.4, 0.5) is 0 Å². The van der Waals surface area contributed by atoms with E-state index in [2.05, 4.69) is 34.5 Å². The molecule has 19 heavy (non-hydrogen) atoms. The second-order valence-corrected chi connectivity index (χ2v) is 5.06. The Balaban J connectivity index is 1.83. The standard InChI is InChI=1S/C13H16N6/c1-10(2)7-18-8-11(14-16-18)9-19-13-6-4-3-5-12(13)15-17-19/h3-6,8,10H,7,9H2,1-2H3. The van der Waals surface area contributed by atoms with Crippen molar-refractivity contribution in [1.82, 2.24) is 30.0 Å². The lowest BCUT2D eigenvalue weighted by Crippen LogP contribution is -2.04. The van der Waals surface area contributed by atoms with Gasteiger partial charge in [0.2, 0.25) is 0 Å². The summed E-state index contributed by atoms with van der Waals surface area (Å²) in [5.41, 5.74) is 2.81. The second kappa shape index (κ2) is 4.79. The predicted molar refractivity (Wildman–Crippen MR) is 71.5 cm³/mol. The third kappa shape index (κ3) is 2.47. The average Bonchev–Trinajstić information content (AvgIpc) is 2.97. The summed E-state index contributed by atoms with van der Waals surface area (Å²) in [6, 6.07) is 7.90. The van der Waals surface area contributed by atoms with Gasteiger partial charge in [-0.05, 0) is 18.1 Å². The van der Waals surface area contributed by atoms with Gasteiger partial charge >= 0.3 is 0 Å². The summed E-state index contributed by atoms with van der Waals surface area (Å²) in [5.74, 6) is 0.557. The quantitative estimate of drug-likeness (QED) is 0.713. The number of rotatable bonds is 4. The molecule has 2 aromatic heterocycles. The van der Waals surface area contributed by atoms with Crippen molar-refractivity contribution in [3.05, 3.63) is 36.2 Å². The summed E-state index contributed by atoms with van der Waals surface area (Å²) < 4.78 is 3.72. The molecule has 0 atom stereocenters. The highest BCUT2D eigenvalue weighted by atomic mass is 15.5.